The summed E-state index contributed by atoms with van der Waals surface area (Å²) < 4.78 is 5.56. The predicted molar refractivity (Wildman–Crippen MR) is 132 cm³/mol. The van der Waals surface area contributed by atoms with Crippen molar-refractivity contribution in [3.63, 3.8) is 0 Å². The van der Waals surface area contributed by atoms with E-state index in [0.29, 0.717) is 13.0 Å². The first kappa shape index (κ1) is 23.5. The van der Waals surface area contributed by atoms with E-state index in [1.165, 1.54) is 18.1 Å². The van der Waals surface area contributed by atoms with Gasteiger partial charge in [-0.05, 0) is 24.8 Å². The van der Waals surface area contributed by atoms with Crippen LogP contribution >= 0.6 is 0 Å². The lowest BCUT2D eigenvalue weighted by atomic mass is 10.2. The van der Waals surface area contributed by atoms with Gasteiger partial charge in [0, 0.05) is 13.1 Å². The molecule has 4 rings (SSSR count). The van der Waals surface area contributed by atoms with Crippen LogP contribution in [0.25, 0.3) is 16.9 Å². The number of unbranched alkanes of at least 4 members (excludes halogenated alkanes) is 2. The standard InChI is InChI=1S/C25H31N5O4/c1-4-7-14-27-20-19(23(33)28(25(27)34)15-8-5-2)30-22(32)18(6-3)21(31)29(24(30)26-20)16-17-12-10-9-11-13-17/h9-13,32H,4-8,14-16H2,1-3H3. The summed E-state index contributed by atoms with van der Waals surface area (Å²) in [6.07, 6.45) is 3.38. The molecule has 0 unspecified atom stereocenters. The van der Waals surface area contributed by atoms with Crippen molar-refractivity contribution in [3.05, 3.63) is 72.7 Å². The van der Waals surface area contributed by atoms with Crippen molar-refractivity contribution in [1.29, 1.82) is 0 Å². The quantitative estimate of drug-likeness (QED) is 0.409. The summed E-state index contributed by atoms with van der Waals surface area (Å²) >= 11 is 0. The summed E-state index contributed by atoms with van der Waals surface area (Å²) in [6.45, 7) is 6.71. The number of nitrogens with zero attached hydrogens (tertiary/aromatic N) is 5. The molecule has 0 atom stereocenters. The van der Waals surface area contributed by atoms with Gasteiger partial charge in [-0.3, -0.25) is 23.3 Å². The van der Waals surface area contributed by atoms with Gasteiger partial charge >= 0.3 is 5.69 Å². The molecule has 0 amide bonds. The zero-order valence-corrected chi connectivity index (χ0v) is 20.0. The molecule has 1 aromatic carbocycles. The van der Waals surface area contributed by atoms with E-state index in [1.54, 1.807) is 6.92 Å². The summed E-state index contributed by atoms with van der Waals surface area (Å²) in [4.78, 5) is 44.8. The van der Waals surface area contributed by atoms with Gasteiger partial charge in [-0.1, -0.05) is 63.9 Å². The van der Waals surface area contributed by atoms with Gasteiger partial charge in [-0.2, -0.15) is 4.98 Å². The first-order valence-electron chi connectivity index (χ1n) is 12.0. The highest BCUT2D eigenvalue weighted by atomic mass is 16.3. The van der Waals surface area contributed by atoms with Gasteiger partial charge < -0.3 is 5.11 Å². The van der Waals surface area contributed by atoms with Crippen LogP contribution in [0.5, 0.6) is 5.88 Å². The molecule has 9 nitrogen and oxygen atoms in total. The average Bonchev–Trinajstić information content (AvgIpc) is 3.23. The van der Waals surface area contributed by atoms with E-state index in [1.807, 2.05) is 44.2 Å². The molecule has 0 fully saturated rings. The largest absolute Gasteiger partial charge is 0.494 e. The fraction of sp³-hybridized carbons (Fsp3) is 0.440. The number of imidazole rings is 1. The Balaban J connectivity index is 2.15. The highest BCUT2D eigenvalue weighted by Gasteiger charge is 2.25. The summed E-state index contributed by atoms with van der Waals surface area (Å²) in [5.41, 5.74) is 0.131. The van der Waals surface area contributed by atoms with Gasteiger partial charge in [0.1, 0.15) is 0 Å². The van der Waals surface area contributed by atoms with E-state index in [0.717, 1.165) is 24.8 Å². The summed E-state index contributed by atoms with van der Waals surface area (Å²) in [5.74, 6) is -0.150. The lowest BCUT2D eigenvalue weighted by Crippen LogP contribution is -2.40. The SMILES string of the molecule is CCCCn1c(=O)c2c(nc3n(Cc4ccccc4)c(=O)c(CC)c(O)n23)n(CCCC)c1=O. The van der Waals surface area contributed by atoms with Gasteiger partial charge in [0.05, 0.1) is 12.1 Å². The van der Waals surface area contributed by atoms with E-state index < -0.39 is 11.2 Å². The van der Waals surface area contributed by atoms with Crippen molar-refractivity contribution >= 4 is 16.9 Å². The van der Waals surface area contributed by atoms with E-state index >= 15 is 0 Å². The van der Waals surface area contributed by atoms with Crippen LogP contribution in [0.4, 0.5) is 0 Å². The molecule has 3 heterocycles. The van der Waals surface area contributed by atoms with E-state index in [2.05, 4.69) is 4.98 Å². The Bertz CT molecular complexity index is 1510. The molecular formula is C25H31N5O4. The molecule has 0 saturated carbocycles. The fourth-order valence-corrected chi connectivity index (χ4v) is 4.34. The van der Waals surface area contributed by atoms with Crippen LogP contribution in [-0.4, -0.2) is 28.2 Å². The van der Waals surface area contributed by atoms with Crippen LogP contribution < -0.4 is 16.8 Å². The lowest BCUT2D eigenvalue weighted by molar-refractivity contribution is 0.434. The third kappa shape index (κ3) is 3.85. The number of aromatic hydroxyl groups is 1. The van der Waals surface area contributed by atoms with Crippen LogP contribution in [0, 0.1) is 0 Å². The Hall–Kier alpha value is -3.62. The third-order valence-electron chi connectivity index (χ3n) is 6.24. The number of rotatable bonds is 9. The van der Waals surface area contributed by atoms with Gasteiger partial charge in [0.15, 0.2) is 11.2 Å². The van der Waals surface area contributed by atoms with Gasteiger partial charge in [0.25, 0.3) is 11.1 Å². The molecule has 0 radical (unpaired) electrons. The maximum Gasteiger partial charge on any atom is 0.332 e. The molecule has 3 aromatic heterocycles. The van der Waals surface area contributed by atoms with Crippen molar-refractivity contribution in [1.82, 2.24) is 23.1 Å². The zero-order valence-electron chi connectivity index (χ0n) is 20.0. The minimum absolute atomic E-state index is 0.121. The average molecular weight is 466 g/mol. The number of hydrogen-bond donors (Lipinski definition) is 1. The van der Waals surface area contributed by atoms with Crippen LogP contribution in [0.3, 0.4) is 0 Å². The predicted octanol–water partition coefficient (Wildman–Crippen LogP) is 2.89. The molecular weight excluding hydrogens is 434 g/mol. The van der Waals surface area contributed by atoms with Crippen molar-refractivity contribution in [2.24, 2.45) is 0 Å². The molecule has 0 aliphatic rings. The second-order valence-electron chi connectivity index (χ2n) is 8.55. The molecule has 9 heteroatoms. The summed E-state index contributed by atoms with van der Waals surface area (Å²) in [6, 6.07) is 9.47. The van der Waals surface area contributed by atoms with Crippen molar-refractivity contribution < 1.29 is 5.11 Å². The van der Waals surface area contributed by atoms with Crippen LogP contribution in [0.2, 0.25) is 0 Å². The zero-order chi connectivity index (χ0) is 24.4. The Morgan fingerprint density at radius 2 is 1.50 bits per heavy atom. The minimum Gasteiger partial charge on any atom is -0.494 e. The fourth-order valence-electron chi connectivity index (χ4n) is 4.34. The van der Waals surface area contributed by atoms with Crippen molar-refractivity contribution in [3.8, 4) is 5.88 Å². The third-order valence-corrected chi connectivity index (χ3v) is 6.24. The van der Waals surface area contributed by atoms with Gasteiger partial charge in [-0.25, -0.2) is 9.20 Å². The number of hydrogen-bond acceptors (Lipinski definition) is 5. The maximum absolute atomic E-state index is 13.6. The molecule has 0 spiro atoms. The topological polar surface area (TPSA) is 104 Å². The summed E-state index contributed by atoms with van der Waals surface area (Å²) in [7, 11) is 0. The Morgan fingerprint density at radius 1 is 0.853 bits per heavy atom. The summed E-state index contributed by atoms with van der Waals surface area (Å²) in [5, 5.41) is 11.1. The van der Waals surface area contributed by atoms with Gasteiger partial charge in [0.2, 0.25) is 11.7 Å². The normalized spacial score (nSPS) is 11.6. The molecule has 0 aliphatic carbocycles. The van der Waals surface area contributed by atoms with E-state index in [9.17, 15) is 19.5 Å². The van der Waals surface area contributed by atoms with Gasteiger partial charge in [-0.15, -0.1) is 0 Å². The van der Waals surface area contributed by atoms with Crippen LogP contribution in [0.1, 0.15) is 57.6 Å². The lowest BCUT2D eigenvalue weighted by Gasteiger charge is -2.13. The smallest absolute Gasteiger partial charge is 0.332 e. The number of aryl methyl sites for hydroxylation is 1. The van der Waals surface area contributed by atoms with Crippen molar-refractivity contribution in [2.75, 3.05) is 0 Å². The molecule has 0 aliphatic heterocycles. The maximum atomic E-state index is 13.6. The molecule has 0 bridgehead atoms. The molecule has 4 aromatic rings. The second-order valence-corrected chi connectivity index (χ2v) is 8.55. The number of fused-ring (bicyclic) bond motifs is 3. The first-order chi connectivity index (χ1) is 16.4. The van der Waals surface area contributed by atoms with E-state index in [-0.39, 0.29) is 53.5 Å². The highest BCUT2D eigenvalue weighted by molar-refractivity contribution is 5.76. The van der Waals surface area contributed by atoms with Crippen LogP contribution in [0.15, 0.2) is 44.7 Å². The Kier molecular flexibility index (Phi) is 6.72. The first-order valence-corrected chi connectivity index (χ1v) is 12.0. The Morgan fingerprint density at radius 3 is 2.12 bits per heavy atom. The second kappa shape index (κ2) is 9.70. The minimum atomic E-state index is -0.504. The molecule has 1 N–H and O–H groups in total. The molecule has 180 valence electrons. The number of benzene rings is 1. The molecule has 34 heavy (non-hydrogen) atoms. The Labute approximate surface area is 196 Å². The number of aromatic nitrogens is 5. The van der Waals surface area contributed by atoms with Crippen LogP contribution in [-0.2, 0) is 26.1 Å². The highest BCUT2D eigenvalue weighted by Crippen LogP contribution is 2.22. The van der Waals surface area contributed by atoms with Crippen molar-refractivity contribution in [2.45, 2.75) is 72.5 Å². The molecule has 0 saturated heterocycles. The monoisotopic (exact) mass is 465 g/mol. The van der Waals surface area contributed by atoms with E-state index in [4.69, 9.17) is 0 Å².